The van der Waals surface area contributed by atoms with Crippen molar-refractivity contribution < 1.29 is 14.1 Å². The lowest BCUT2D eigenvalue weighted by atomic mass is 10.2. The molecule has 2 heterocycles. The molecule has 5 heteroatoms. The van der Waals surface area contributed by atoms with Crippen LogP contribution in [0, 0.1) is 6.92 Å². The lowest BCUT2D eigenvalue weighted by Gasteiger charge is -1.97. The number of aryl methyl sites for hydroxylation is 1. The van der Waals surface area contributed by atoms with Crippen LogP contribution in [0.15, 0.2) is 22.0 Å². The quantitative estimate of drug-likeness (QED) is 0.734. The first-order valence-corrected chi connectivity index (χ1v) is 5.20. The van der Waals surface area contributed by atoms with Crippen LogP contribution < -0.4 is 0 Å². The second-order valence-corrected chi connectivity index (χ2v) is 3.89. The van der Waals surface area contributed by atoms with Gasteiger partial charge < -0.3 is 9.26 Å². The first-order chi connectivity index (χ1) is 7.24. The SMILES string of the molecule is COC(=O)c1c(C)noc1-c1cccs1. The fourth-order valence-corrected chi connectivity index (χ4v) is 2.00. The van der Waals surface area contributed by atoms with Crippen LogP contribution >= 0.6 is 11.3 Å². The molecule has 2 aromatic rings. The Labute approximate surface area is 90.5 Å². The van der Waals surface area contributed by atoms with E-state index in [4.69, 9.17) is 4.52 Å². The molecule has 0 saturated carbocycles. The van der Waals surface area contributed by atoms with Gasteiger partial charge in [-0.3, -0.25) is 0 Å². The molecule has 0 amide bonds. The highest BCUT2D eigenvalue weighted by atomic mass is 32.1. The second-order valence-electron chi connectivity index (χ2n) is 2.94. The maximum absolute atomic E-state index is 11.5. The molecule has 0 aromatic carbocycles. The second kappa shape index (κ2) is 3.86. The molecule has 0 spiro atoms. The third-order valence-corrected chi connectivity index (χ3v) is 2.87. The van der Waals surface area contributed by atoms with E-state index in [2.05, 4.69) is 9.89 Å². The van der Waals surface area contributed by atoms with E-state index in [0.29, 0.717) is 17.0 Å². The Balaban J connectivity index is 2.54. The van der Waals surface area contributed by atoms with E-state index in [1.807, 2.05) is 17.5 Å². The monoisotopic (exact) mass is 223 g/mol. The average molecular weight is 223 g/mol. The van der Waals surface area contributed by atoms with Gasteiger partial charge in [0.2, 0.25) is 0 Å². The maximum Gasteiger partial charge on any atom is 0.343 e. The number of ether oxygens (including phenoxy) is 1. The number of carbonyl (C=O) groups excluding carboxylic acids is 1. The van der Waals surface area contributed by atoms with Gasteiger partial charge in [0.1, 0.15) is 5.56 Å². The maximum atomic E-state index is 11.5. The first kappa shape index (κ1) is 9.92. The van der Waals surface area contributed by atoms with Gasteiger partial charge in [-0.1, -0.05) is 11.2 Å². The number of hydrogen-bond acceptors (Lipinski definition) is 5. The van der Waals surface area contributed by atoms with E-state index in [9.17, 15) is 4.79 Å². The van der Waals surface area contributed by atoms with Crippen molar-refractivity contribution in [3.05, 3.63) is 28.8 Å². The zero-order valence-corrected chi connectivity index (χ0v) is 9.13. The number of rotatable bonds is 2. The molecule has 0 radical (unpaired) electrons. The fraction of sp³-hybridized carbons (Fsp3) is 0.200. The zero-order chi connectivity index (χ0) is 10.8. The Kier molecular flexibility index (Phi) is 2.55. The van der Waals surface area contributed by atoms with Crippen molar-refractivity contribution in [2.45, 2.75) is 6.92 Å². The van der Waals surface area contributed by atoms with Gasteiger partial charge >= 0.3 is 5.97 Å². The standard InChI is InChI=1S/C10H9NO3S/c1-6-8(10(12)13-2)9(14-11-6)7-4-3-5-15-7/h3-5H,1-2H3. The van der Waals surface area contributed by atoms with E-state index < -0.39 is 5.97 Å². The van der Waals surface area contributed by atoms with Gasteiger partial charge in [-0.25, -0.2) is 4.79 Å². The van der Waals surface area contributed by atoms with Crippen molar-refractivity contribution >= 4 is 17.3 Å². The highest BCUT2D eigenvalue weighted by molar-refractivity contribution is 7.13. The topological polar surface area (TPSA) is 52.3 Å². The number of methoxy groups -OCH3 is 1. The first-order valence-electron chi connectivity index (χ1n) is 4.32. The van der Waals surface area contributed by atoms with Gasteiger partial charge in [0.15, 0.2) is 5.76 Å². The lowest BCUT2D eigenvalue weighted by molar-refractivity contribution is 0.0600. The molecular formula is C10H9NO3S. The highest BCUT2D eigenvalue weighted by Gasteiger charge is 2.22. The lowest BCUT2D eigenvalue weighted by Crippen LogP contribution is -2.03. The Morgan fingerprint density at radius 3 is 3.00 bits per heavy atom. The van der Waals surface area contributed by atoms with E-state index >= 15 is 0 Å². The van der Waals surface area contributed by atoms with Crippen LogP contribution in [0.5, 0.6) is 0 Å². The van der Waals surface area contributed by atoms with Crippen molar-refractivity contribution in [3.8, 4) is 10.6 Å². The van der Waals surface area contributed by atoms with E-state index in [1.54, 1.807) is 6.92 Å². The van der Waals surface area contributed by atoms with Crippen molar-refractivity contribution in [1.82, 2.24) is 5.16 Å². The summed E-state index contributed by atoms with van der Waals surface area (Å²) in [6.45, 7) is 1.72. The molecule has 2 aromatic heterocycles. The largest absolute Gasteiger partial charge is 0.465 e. The van der Waals surface area contributed by atoms with Gasteiger partial charge in [-0.05, 0) is 18.4 Å². The molecule has 78 valence electrons. The Morgan fingerprint density at radius 1 is 1.60 bits per heavy atom. The number of carbonyl (C=O) groups is 1. The minimum atomic E-state index is -0.419. The molecular weight excluding hydrogens is 214 g/mol. The third-order valence-electron chi connectivity index (χ3n) is 2.00. The predicted molar refractivity (Wildman–Crippen MR) is 55.9 cm³/mol. The molecule has 0 atom stereocenters. The summed E-state index contributed by atoms with van der Waals surface area (Å²) >= 11 is 1.49. The van der Waals surface area contributed by atoms with E-state index in [-0.39, 0.29) is 0 Å². The highest BCUT2D eigenvalue weighted by Crippen LogP contribution is 2.30. The minimum Gasteiger partial charge on any atom is -0.465 e. The normalized spacial score (nSPS) is 10.3. The van der Waals surface area contributed by atoms with Crippen molar-refractivity contribution in [2.24, 2.45) is 0 Å². The number of aromatic nitrogens is 1. The summed E-state index contributed by atoms with van der Waals surface area (Å²) < 4.78 is 9.80. The minimum absolute atomic E-state index is 0.403. The fourth-order valence-electron chi connectivity index (χ4n) is 1.29. The Hall–Kier alpha value is -1.62. The van der Waals surface area contributed by atoms with Crippen molar-refractivity contribution in [1.29, 1.82) is 0 Å². The predicted octanol–water partition coefficient (Wildman–Crippen LogP) is 2.50. The number of thiophene rings is 1. The van der Waals surface area contributed by atoms with Crippen LogP contribution in [0.4, 0.5) is 0 Å². The molecule has 4 nitrogen and oxygen atoms in total. The molecule has 0 fully saturated rings. The number of nitrogens with zero attached hydrogens (tertiary/aromatic N) is 1. The molecule has 0 bridgehead atoms. The van der Waals surface area contributed by atoms with Gasteiger partial charge in [0, 0.05) is 0 Å². The van der Waals surface area contributed by atoms with Crippen LogP contribution in [0.3, 0.4) is 0 Å². The number of hydrogen-bond donors (Lipinski definition) is 0. The zero-order valence-electron chi connectivity index (χ0n) is 8.31. The van der Waals surface area contributed by atoms with Crippen molar-refractivity contribution in [3.63, 3.8) is 0 Å². The molecule has 15 heavy (non-hydrogen) atoms. The summed E-state index contributed by atoms with van der Waals surface area (Å²) in [5, 5.41) is 5.68. The summed E-state index contributed by atoms with van der Waals surface area (Å²) in [7, 11) is 1.34. The molecule has 0 aliphatic heterocycles. The van der Waals surface area contributed by atoms with Crippen LogP contribution in [-0.4, -0.2) is 18.2 Å². The third kappa shape index (κ3) is 1.66. The number of esters is 1. The summed E-state index contributed by atoms with van der Waals surface area (Å²) in [6.07, 6.45) is 0. The Bertz CT molecular complexity index is 473. The summed E-state index contributed by atoms with van der Waals surface area (Å²) in [5.41, 5.74) is 0.949. The Morgan fingerprint density at radius 2 is 2.40 bits per heavy atom. The molecule has 0 unspecified atom stereocenters. The van der Waals surface area contributed by atoms with Crippen LogP contribution in [0.2, 0.25) is 0 Å². The molecule has 0 N–H and O–H groups in total. The van der Waals surface area contributed by atoms with Crippen LogP contribution in [0.1, 0.15) is 16.1 Å². The van der Waals surface area contributed by atoms with E-state index in [0.717, 1.165) is 4.88 Å². The van der Waals surface area contributed by atoms with Gasteiger partial charge in [0.25, 0.3) is 0 Å². The van der Waals surface area contributed by atoms with Gasteiger partial charge in [-0.15, -0.1) is 11.3 Å². The molecule has 0 saturated heterocycles. The van der Waals surface area contributed by atoms with Crippen molar-refractivity contribution in [2.75, 3.05) is 7.11 Å². The molecule has 2 rings (SSSR count). The molecule has 0 aliphatic carbocycles. The van der Waals surface area contributed by atoms with Gasteiger partial charge in [-0.2, -0.15) is 0 Å². The summed E-state index contributed by atoms with van der Waals surface area (Å²) in [6, 6.07) is 3.76. The van der Waals surface area contributed by atoms with Crippen LogP contribution in [0.25, 0.3) is 10.6 Å². The van der Waals surface area contributed by atoms with Crippen LogP contribution in [-0.2, 0) is 4.74 Å². The summed E-state index contributed by atoms with van der Waals surface area (Å²) in [5.74, 6) is 0.0616. The van der Waals surface area contributed by atoms with E-state index in [1.165, 1.54) is 18.4 Å². The summed E-state index contributed by atoms with van der Waals surface area (Å²) in [4.78, 5) is 12.4. The average Bonchev–Trinajstić information content (AvgIpc) is 2.85. The smallest absolute Gasteiger partial charge is 0.343 e. The molecule has 0 aliphatic rings. The van der Waals surface area contributed by atoms with Gasteiger partial charge in [0.05, 0.1) is 17.7 Å².